The zero-order valence-electron chi connectivity index (χ0n) is 18.2. The Morgan fingerprint density at radius 3 is 2.45 bits per heavy atom. The van der Waals surface area contributed by atoms with E-state index in [1.165, 1.54) is 11.6 Å². The summed E-state index contributed by atoms with van der Waals surface area (Å²) in [5.41, 5.74) is 1.91. The Balaban J connectivity index is 1.61. The third-order valence-electron chi connectivity index (χ3n) is 5.21. The van der Waals surface area contributed by atoms with E-state index in [9.17, 15) is 14.9 Å². The molecular formula is C23H29N3O5. The molecule has 1 N–H and O–H groups in total. The van der Waals surface area contributed by atoms with Crippen LogP contribution in [-0.4, -0.2) is 49.8 Å². The van der Waals surface area contributed by atoms with Gasteiger partial charge < -0.3 is 19.7 Å². The molecule has 1 heterocycles. The second-order valence-electron chi connectivity index (χ2n) is 7.97. The summed E-state index contributed by atoms with van der Waals surface area (Å²) < 4.78 is 11.1. The van der Waals surface area contributed by atoms with E-state index in [0.29, 0.717) is 44.5 Å². The Kier molecular flexibility index (Phi) is 7.46. The second kappa shape index (κ2) is 10.3. The predicted octanol–water partition coefficient (Wildman–Crippen LogP) is 3.75. The average molecular weight is 428 g/mol. The highest BCUT2D eigenvalue weighted by atomic mass is 16.6. The minimum Gasteiger partial charge on any atom is -0.491 e. The monoisotopic (exact) mass is 427 g/mol. The van der Waals surface area contributed by atoms with Crippen molar-refractivity contribution in [1.82, 2.24) is 5.32 Å². The molecule has 1 aliphatic rings. The first kappa shape index (κ1) is 22.6. The minimum atomic E-state index is -0.449. The molecule has 1 amide bonds. The molecule has 0 unspecified atom stereocenters. The highest BCUT2D eigenvalue weighted by Gasteiger charge is 2.23. The van der Waals surface area contributed by atoms with E-state index in [1.54, 1.807) is 12.1 Å². The van der Waals surface area contributed by atoms with E-state index in [4.69, 9.17) is 9.47 Å². The van der Waals surface area contributed by atoms with E-state index in [1.807, 2.05) is 36.1 Å². The lowest BCUT2D eigenvalue weighted by Crippen LogP contribution is -2.37. The van der Waals surface area contributed by atoms with Gasteiger partial charge >= 0.3 is 0 Å². The number of nitro groups is 1. The van der Waals surface area contributed by atoms with Crippen molar-refractivity contribution in [2.75, 3.05) is 37.8 Å². The summed E-state index contributed by atoms with van der Waals surface area (Å²) in [7, 11) is 0. The Bertz CT molecular complexity index is 908. The van der Waals surface area contributed by atoms with E-state index in [-0.39, 0.29) is 23.2 Å². The SMILES string of the molecule is CC(C)c1ccc(OC[C@H](C)NC(=O)c2ccc(N3CCOCC3)c([N+](=O)[O-])c2)cc1. The Morgan fingerprint density at radius 1 is 1.16 bits per heavy atom. The van der Waals surface area contributed by atoms with Crippen LogP contribution in [0.15, 0.2) is 42.5 Å². The highest BCUT2D eigenvalue weighted by molar-refractivity contribution is 5.96. The number of rotatable bonds is 8. The molecule has 8 heteroatoms. The van der Waals surface area contributed by atoms with Gasteiger partial charge in [0.25, 0.3) is 11.6 Å². The van der Waals surface area contributed by atoms with Crippen molar-refractivity contribution in [3.8, 4) is 5.75 Å². The van der Waals surface area contributed by atoms with Crippen molar-refractivity contribution in [3.05, 3.63) is 63.7 Å². The molecule has 0 saturated carbocycles. The number of anilines is 1. The number of ether oxygens (including phenoxy) is 2. The lowest BCUT2D eigenvalue weighted by molar-refractivity contribution is -0.384. The fraction of sp³-hybridized carbons (Fsp3) is 0.435. The molecule has 0 aliphatic carbocycles. The Morgan fingerprint density at radius 2 is 1.84 bits per heavy atom. The molecule has 2 aromatic rings. The zero-order chi connectivity index (χ0) is 22.4. The molecule has 2 aromatic carbocycles. The molecule has 1 saturated heterocycles. The zero-order valence-corrected chi connectivity index (χ0v) is 18.2. The van der Waals surface area contributed by atoms with Crippen LogP contribution < -0.4 is 15.0 Å². The summed E-state index contributed by atoms with van der Waals surface area (Å²) in [5.74, 6) is 0.810. The molecule has 1 atom stereocenters. The molecule has 166 valence electrons. The van der Waals surface area contributed by atoms with Gasteiger partial charge in [0.05, 0.1) is 24.2 Å². The van der Waals surface area contributed by atoms with Crippen molar-refractivity contribution in [2.45, 2.75) is 32.7 Å². The summed E-state index contributed by atoms with van der Waals surface area (Å²) in [4.78, 5) is 25.7. The molecular weight excluding hydrogens is 398 g/mol. The molecule has 3 rings (SSSR count). The number of benzene rings is 2. The molecule has 0 bridgehead atoms. The van der Waals surface area contributed by atoms with Crippen LogP contribution in [0.4, 0.5) is 11.4 Å². The van der Waals surface area contributed by atoms with Crippen LogP contribution in [0.25, 0.3) is 0 Å². The number of hydrogen-bond acceptors (Lipinski definition) is 6. The van der Waals surface area contributed by atoms with Crippen molar-refractivity contribution in [1.29, 1.82) is 0 Å². The maximum atomic E-state index is 12.6. The number of hydrogen-bond donors (Lipinski definition) is 1. The third-order valence-corrected chi connectivity index (χ3v) is 5.21. The maximum absolute atomic E-state index is 12.6. The first-order chi connectivity index (χ1) is 14.8. The van der Waals surface area contributed by atoms with Crippen LogP contribution in [-0.2, 0) is 4.74 Å². The van der Waals surface area contributed by atoms with Gasteiger partial charge in [0, 0.05) is 24.7 Å². The van der Waals surface area contributed by atoms with Crippen LogP contribution in [0.2, 0.25) is 0 Å². The van der Waals surface area contributed by atoms with Crippen molar-refractivity contribution < 1.29 is 19.2 Å². The largest absolute Gasteiger partial charge is 0.491 e. The third kappa shape index (κ3) is 5.95. The van der Waals surface area contributed by atoms with Crippen molar-refractivity contribution in [3.63, 3.8) is 0 Å². The molecule has 1 fully saturated rings. The van der Waals surface area contributed by atoms with Gasteiger partial charge in [0.1, 0.15) is 18.0 Å². The van der Waals surface area contributed by atoms with E-state index < -0.39 is 4.92 Å². The molecule has 0 aromatic heterocycles. The Labute approximate surface area is 182 Å². The summed E-state index contributed by atoms with van der Waals surface area (Å²) in [6, 6.07) is 12.2. The van der Waals surface area contributed by atoms with E-state index in [2.05, 4.69) is 19.2 Å². The topological polar surface area (TPSA) is 93.9 Å². The molecule has 31 heavy (non-hydrogen) atoms. The van der Waals surface area contributed by atoms with Gasteiger partial charge in [-0.3, -0.25) is 14.9 Å². The quantitative estimate of drug-likeness (QED) is 0.509. The maximum Gasteiger partial charge on any atom is 0.293 e. The predicted molar refractivity (Wildman–Crippen MR) is 119 cm³/mol. The molecule has 0 spiro atoms. The Hall–Kier alpha value is -3.13. The fourth-order valence-electron chi connectivity index (χ4n) is 3.40. The van der Waals surface area contributed by atoms with Crippen molar-refractivity contribution >= 4 is 17.3 Å². The van der Waals surface area contributed by atoms with Crippen LogP contribution in [0, 0.1) is 10.1 Å². The first-order valence-electron chi connectivity index (χ1n) is 10.5. The second-order valence-corrected chi connectivity index (χ2v) is 7.97. The normalized spacial score (nSPS) is 14.9. The lowest BCUT2D eigenvalue weighted by Gasteiger charge is -2.28. The van der Waals surface area contributed by atoms with E-state index in [0.717, 1.165) is 5.75 Å². The number of nitrogens with zero attached hydrogens (tertiary/aromatic N) is 2. The number of nitrogens with one attached hydrogen (secondary N) is 1. The van der Waals surface area contributed by atoms with Crippen LogP contribution >= 0.6 is 0 Å². The number of carbonyl (C=O) groups is 1. The van der Waals surface area contributed by atoms with Gasteiger partial charge in [0.15, 0.2) is 0 Å². The van der Waals surface area contributed by atoms with E-state index >= 15 is 0 Å². The van der Waals surface area contributed by atoms with Crippen molar-refractivity contribution in [2.24, 2.45) is 0 Å². The van der Waals surface area contributed by atoms with Crippen LogP contribution in [0.5, 0.6) is 5.75 Å². The van der Waals surface area contributed by atoms with Gasteiger partial charge in [-0.25, -0.2) is 0 Å². The van der Waals surface area contributed by atoms with Crippen LogP contribution in [0.1, 0.15) is 42.6 Å². The lowest BCUT2D eigenvalue weighted by atomic mass is 10.0. The van der Waals surface area contributed by atoms with Gasteiger partial charge in [-0.1, -0.05) is 26.0 Å². The summed E-state index contributed by atoms with van der Waals surface area (Å²) in [6.07, 6.45) is 0. The smallest absolute Gasteiger partial charge is 0.293 e. The van der Waals surface area contributed by atoms with Crippen LogP contribution in [0.3, 0.4) is 0 Å². The van der Waals surface area contributed by atoms with Gasteiger partial charge in [-0.05, 0) is 42.7 Å². The van der Waals surface area contributed by atoms with Gasteiger partial charge in [-0.2, -0.15) is 0 Å². The number of nitro benzene ring substituents is 1. The first-order valence-corrected chi connectivity index (χ1v) is 10.5. The minimum absolute atomic E-state index is 0.0799. The number of carbonyl (C=O) groups excluding carboxylic acids is 1. The summed E-state index contributed by atoms with van der Waals surface area (Å²) in [5, 5.41) is 14.4. The molecule has 1 aliphatic heterocycles. The molecule has 0 radical (unpaired) electrons. The highest BCUT2D eigenvalue weighted by Crippen LogP contribution is 2.30. The van der Waals surface area contributed by atoms with Gasteiger partial charge in [-0.15, -0.1) is 0 Å². The number of morpholine rings is 1. The summed E-state index contributed by atoms with van der Waals surface area (Å²) >= 11 is 0. The fourth-order valence-corrected chi connectivity index (χ4v) is 3.40. The standard InChI is InChI=1S/C23H29N3O5/c1-16(2)18-4-7-20(8-5-18)31-15-17(3)24-23(27)19-6-9-21(22(14-19)26(28)29)25-10-12-30-13-11-25/h4-9,14,16-17H,10-13,15H2,1-3H3,(H,24,27)/t17-/m0/s1. The van der Waals surface area contributed by atoms with Gasteiger partial charge in [0.2, 0.25) is 0 Å². The molecule has 8 nitrogen and oxygen atoms in total. The summed E-state index contributed by atoms with van der Waals surface area (Å²) in [6.45, 7) is 8.60. The number of amides is 1. The average Bonchev–Trinajstić information content (AvgIpc) is 2.78.